The minimum Gasteiger partial charge on any atom is -0.493 e. The lowest BCUT2D eigenvalue weighted by molar-refractivity contribution is -0.121. The van der Waals surface area contributed by atoms with Crippen LogP contribution in [0, 0.1) is 0 Å². The van der Waals surface area contributed by atoms with Crippen molar-refractivity contribution >= 4 is 27.7 Å². The lowest BCUT2D eigenvalue weighted by Crippen LogP contribution is -2.26. The lowest BCUT2D eigenvalue weighted by atomic mass is 10.2. The van der Waals surface area contributed by atoms with Gasteiger partial charge < -0.3 is 19.4 Å². The van der Waals surface area contributed by atoms with Gasteiger partial charge in [0.1, 0.15) is 0 Å². The fraction of sp³-hybridized carbons (Fsp3) is 0.320. The van der Waals surface area contributed by atoms with E-state index in [0.717, 1.165) is 13.0 Å². The molecule has 0 saturated carbocycles. The van der Waals surface area contributed by atoms with Crippen LogP contribution in [-0.2, 0) is 17.9 Å². The summed E-state index contributed by atoms with van der Waals surface area (Å²) < 4.78 is 14.3. The van der Waals surface area contributed by atoms with Gasteiger partial charge in [-0.25, -0.2) is 4.98 Å². The molecule has 0 atom stereocenters. The van der Waals surface area contributed by atoms with Gasteiger partial charge in [0, 0.05) is 43.8 Å². The van der Waals surface area contributed by atoms with Gasteiger partial charge in [-0.15, -0.1) is 0 Å². The predicted molar refractivity (Wildman–Crippen MR) is 128 cm³/mol. The van der Waals surface area contributed by atoms with Crippen molar-refractivity contribution in [1.29, 1.82) is 0 Å². The number of aromatic nitrogens is 3. The molecule has 2 heterocycles. The summed E-state index contributed by atoms with van der Waals surface area (Å²) in [5.74, 6) is 0.991. The van der Waals surface area contributed by atoms with Gasteiger partial charge in [0.15, 0.2) is 11.5 Å². The number of nitrogens with zero attached hydrogens (tertiary/aromatic N) is 3. The van der Waals surface area contributed by atoms with E-state index in [4.69, 9.17) is 9.47 Å². The molecular weight excluding hydrogens is 420 g/mol. The zero-order valence-corrected chi connectivity index (χ0v) is 18.9. The fourth-order valence-electron chi connectivity index (χ4n) is 3.96. The summed E-state index contributed by atoms with van der Waals surface area (Å²) in [4.78, 5) is 29.4. The summed E-state index contributed by atoms with van der Waals surface area (Å²) >= 11 is 0. The van der Waals surface area contributed by atoms with E-state index >= 15 is 0 Å². The van der Waals surface area contributed by atoms with E-state index in [2.05, 4.69) is 39.3 Å². The Balaban J connectivity index is 1.26. The molecule has 8 nitrogen and oxygen atoms in total. The van der Waals surface area contributed by atoms with E-state index in [1.807, 2.05) is 12.1 Å². The average Bonchev–Trinajstić information content (AvgIpc) is 3.25. The Hall–Kier alpha value is -3.81. The van der Waals surface area contributed by atoms with Gasteiger partial charge in [0.05, 0.1) is 31.4 Å². The molecule has 4 aromatic rings. The summed E-state index contributed by atoms with van der Waals surface area (Å²) in [6.45, 7) is 1.88. The third kappa shape index (κ3) is 5.00. The Morgan fingerprint density at radius 3 is 2.58 bits per heavy atom. The van der Waals surface area contributed by atoms with Crippen molar-refractivity contribution in [1.82, 2.24) is 19.4 Å². The van der Waals surface area contributed by atoms with Gasteiger partial charge in [-0.05, 0) is 36.4 Å². The van der Waals surface area contributed by atoms with E-state index in [0.29, 0.717) is 48.3 Å². The molecule has 4 rings (SSSR count). The van der Waals surface area contributed by atoms with Crippen LogP contribution in [0.5, 0.6) is 11.5 Å². The fourth-order valence-corrected chi connectivity index (χ4v) is 3.96. The van der Waals surface area contributed by atoms with Crippen molar-refractivity contribution in [2.24, 2.45) is 0 Å². The number of carbonyl (C=O) groups is 1. The molecule has 33 heavy (non-hydrogen) atoms. The number of para-hydroxylation sites is 1. The van der Waals surface area contributed by atoms with Gasteiger partial charge in [-0.1, -0.05) is 18.2 Å². The van der Waals surface area contributed by atoms with E-state index in [-0.39, 0.29) is 11.5 Å². The first-order chi connectivity index (χ1) is 16.1. The van der Waals surface area contributed by atoms with Crippen LogP contribution < -0.4 is 20.3 Å². The Morgan fingerprint density at radius 1 is 1.00 bits per heavy atom. The Labute approximate surface area is 191 Å². The van der Waals surface area contributed by atoms with E-state index in [1.165, 1.54) is 28.9 Å². The second-order valence-corrected chi connectivity index (χ2v) is 7.84. The third-order valence-corrected chi connectivity index (χ3v) is 5.71. The number of hydrogen-bond donors (Lipinski definition) is 1. The number of methoxy groups -OCH3 is 2. The third-order valence-electron chi connectivity index (χ3n) is 5.71. The Morgan fingerprint density at radius 2 is 1.76 bits per heavy atom. The van der Waals surface area contributed by atoms with Crippen LogP contribution in [0.3, 0.4) is 0 Å². The maximum absolute atomic E-state index is 12.8. The predicted octanol–water partition coefficient (Wildman–Crippen LogP) is 3.36. The second-order valence-electron chi connectivity index (χ2n) is 7.84. The van der Waals surface area contributed by atoms with Gasteiger partial charge in [0.2, 0.25) is 5.91 Å². The number of amides is 1. The molecule has 0 aliphatic carbocycles. The molecule has 2 aromatic heterocycles. The first kappa shape index (κ1) is 22.4. The van der Waals surface area contributed by atoms with Crippen molar-refractivity contribution in [2.75, 3.05) is 20.8 Å². The van der Waals surface area contributed by atoms with Gasteiger partial charge in [-0.3, -0.25) is 14.2 Å². The lowest BCUT2D eigenvalue weighted by Gasteiger charge is -2.11. The van der Waals surface area contributed by atoms with Crippen molar-refractivity contribution in [3.05, 3.63) is 65.3 Å². The molecule has 0 fully saturated rings. The molecule has 1 amide bonds. The maximum Gasteiger partial charge on any atom is 0.261 e. The highest BCUT2D eigenvalue weighted by Crippen LogP contribution is 2.29. The minimum atomic E-state index is -0.166. The summed E-state index contributed by atoms with van der Waals surface area (Å²) in [5.41, 5.74) is 1.58. The zero-order chi connectivity index (χ0) is 23.2. The van der Waals surface area contributed by atoms with Crippen molar-refractivity contribution in [3.63, 3.8) is 0 Å². The van der Waals surface area contributed by atoms with Gasteiger partial charge in [-0.2, -0.15) is 0 Å². The number of fused-ring (bicyclic) bond motifs is 2. The number of nitrogens with one attached hydrogen (secondary N) is 1. The first-order valence-corrected chi connectivity index (χ1v) is 11.0. The average molecular weight is 449 g/mol. The normalized spacial score (nSPS) is 11.1. The summed E-state index contributed by atoms with van der Waals surface area (Å²) in [7, 11) is 3.07. The standard InChI is InChI=1S/C25H28N4O4/c1-32-22-15-19-20(16-23(22)33-2)27-17-29(25(19)31)12-5-9-24(30)26-11-6-13-28-14-10-18-7-3-4-8-21(18)28/h3-4,7-8,10,14-17H,5-6,9,11-13H2,1-2H3,(H,26,30). The largest absolute Gasteiger partial charge is 0.493 e. The molecule has 0 aliphatic rings. The SMILES string of the molecule is COc1cc2ncn(CCCC(=O)NCCCn3ccc4ccccc43)c(=O)c2cc1OC. The van der Waals surface area contributed by atoms with Gasteiger partial charge in [0.25, 0.3) is 5.56 Å². The van der Waals surface area contributed by atoms with Crippen LogP contribution in [0.25, 0.3) is 21.8 Å². The highest BCUT2D eigenvalue weighted by molar-refractivity contribution is 5.82. The maximum atomic E-state index is 12.8. The summed E-state index contributed by atoms with van der Waals surface area (Å²) in [6.07, 6.45) is 5.34. The molecule has 1 N–H and O–H groups in total. The summed E-state index contributed by atoms with van der Waals surface area (Å²) in [6, 6.07) is 13.7. The second kappa shape index (κ2) is 10.2. The van der Waals surface area contributed by atoms with E-state index in [9.17, 15) is 9.59 Å². The molecular formula is C25H28N4O4. The molecule has 0 bridgehead atoms. The molecule has 0 unspecified atom stereocenters. The van der Waals surface area contributed by atoms with Crippen LogP contribution in [0.4, 0.5) is 0 Å². The van der Waals surface area contributed by atoms with Gasteiger partial charge >= 0.3 is 0 Å². The van der Waals surface area contributed by atoms with Crippen LogP contribution in [0.2, 0.25) is 0 Å². The van der Waals surface area contributed by atoms with Crippen LogP contribution in [0.15, 0.2) is 59.8 Å². The van der Waals surface area contributed by atoms with Crippen LogP contribution >= 0.6 is 0 Å². The van der Waals surface area contributed by atoms with E-state index in [1.54, 1.807) is 19.2 Å². The van der Waals surface area contributed by atoms with Crippen molar-refractivity contribution in [3.8, 4) is 11.5 Å². The van der Waals surface area contributed by atoms with Crippen molar-refractivity contribution < 1.29 is 14.3 Å². The van der Waals surface area contributed by atoms with Crippen molar-refractivity contribution in [2.45, 2.75) is 32.4 Å². The molecule has 0 saturated heterocycles. The molecule has 0 radical (unpaired) electrons. The van der Waals surface area contributed by atoms with Crippen LogP contribution in [0.1, 0.15) is 19.3 Å². The topological polar surface area (TPSA) is 87.4 Å². The molecule has 2 aromatic carbocycles. The number of hydrogen-bond acceptors (Lipinski definition) is 5. The number of ether oxygens (including phenoxy) is 2. The quantitative estimate of drug-likeness (QED) is 0.376. The smallest absolute Gasteiger partial charge is 0.261 e. The monoisotopic (exact) mass is 448 g/mol. The molecule has 172 valence electrons. The molecule has 0 spiro atoms. The Bertz CT molecular complexity index is 1330. The van der Waals surface area contributed by atoms with Crippen LogP contribution in [-0.4, -0.2) is 40.8 Å². The number of carbonyl (C=O) groups excluding carboxylic acids is 1. The highest BCUT2D eigenvalue weighted by Gasteiger charge is 2.11. The number of rotatable bonds is 10. The minimum absolute atomic E-state index is 0.0134. The Kier molecular flexibility index (Phi) is 6.92. The highest BCUT2D eigenvalue weighted by atomic mass is 16.5. The number of benzene rings is 2. The number of aryl methyl sites for hydroxylation is 2. The molecule has 0 aliphatic heterocycles. The zero-order valence-electron chi connectivity index (χ0n) is 18.9. The summed E-state index contributed by atoms with van der Waals surface area (Å²) in [5, 5.41) is 4.64. The first-order valence-electron chi connectivity index (χ1n) is 11.0. The van der Waals surface area contributed by atoms with E-state index < -0.39 is 0 Å². The molecule has 8 heteroatoms.